The first-order chi connectivity index (χ1) is 7.65. The molecule has 0 aliphatic carbocycles. The van der Waals surface area contributed by atoms with E-state index in [-0.39, 0.29) is 0 Å². The molecule has 0 spiro atoms. The Morgan fingerprint density at radius 3 is 2.69 bits per heavy atom. The molecule has 1 N–H and O–H groups in total. The van der Waals surface area contributed by atoms with Gasteiger partial charge in [-0.25, -0.2) is 4.98 Å². The van der Waals surface area contributed by atoms with Crippen LogP contribution in [0.1, 0.15) is 0 Å². The second kappa shape index (κ2) is 4.99. The van der Waals surface area contributed by atoms with Gasteiger partial charge in [0, 0.05) is 4.47 Å². The minimum atomic E-state index is 0.332. The zero-order valence-electron chi connectivity index (χ0n) is 7.92. The van der Waals surface area contributed by atoms with Crippen molar-refractivity contribution in [2.24, 2.45) is 0 Å². The Balaban J connectivity index is 2.27. The van der Waals surface area contributed by atoms with Crippen molar-refractivity contribution in [3.05, 3.63) is 45.2 Å². The summed E-state index contributed by atoms with van der Waals surface area (Å²) in [5.41, 5.74) is 0.751. The maximum atomic E-state index is 6.05. The summed E-state index contributed by atoms with van der Waals surface area (Å²) >= 11 is 15.1. The third kappa shape index (κ3) is 2.84. The number of nitrogens with one attached hydrogen (secondary N) is 1. The van der Waals surface area contributed by atoms with Gasteiger partial charge in [-0.1, -0.05) is 39.1 Å². The molecular formula is C10H6BrCl2N3. The molecule has 0 aliphatic rings. The molecule has 16 heavy (non-hydrogen) atoms. The van der Waals surface area contributed by atoms with Crippen molar-refractivity contribution in [1.82, 2.24) is 9.97 Å². The molecule has 0 bridgehead atoms. The molecule has 0 aliphatic heterocycles. The molecule has 2 rings (SSSR count). The van der Waals surface area contributed by atoms with Crippen LogP contribution in [0.5, 0.6) is 0 Å². The summed E-state index contributed by atoms with van der Waals surface area (Å²) in [6, 6.07) is 5.52. The largest absolute Gasteiger partial charge is 0.338 e. The topological polar surface area (TPSA) is 37.8 Å². The van der Waals surface area contributed by atoms with Crippen LogP contribution in [0, 0.1) is 0 Å². The van der Waals surface area contributed by atoms with Gasteiger partial charge in [-0.3, -0.25) is 4.98 Å². The van der Waals surface area contributed by atoms with Crippen molar-refractivity contribution in [2.45, 2.75) is 0 Å². The highest BCUT2D eigenvalue weighted by Crippen LogP contribution is 2.27. The zero-order chi connectivity index (χ0) is 11.5. The standard InChI is InChI=1S/C10H6BrCl2N3/c11-6-1-2-8(7(12)3-6)15-10-5-14-4-9(13)16-10/h1-5H,(H,15,16). The fourth-order valence-corrected chi connectivity index (χ4v) is 2.00. The molecule has 2 aromatic rings. The zero-order valence-corrected chi connectivity index (χ0v) is 11.0. The van der Waals surface area contributed by atoms with Crippen molar-refractivity contribution >= 4 is 50.6 Å². The summed E-state index contributed by atoms with van der Waals surface area (Å²) in [4.78, 5) is 7.97. The van der Waals surface area contributed by atoms with Gasteiger partial charge in [0.2, 0.25) is 0 Å². The average Bonchev–Trinajstić information content (AvgIpc) is 2.22. The van der Waals surface area contributed by atoms with E-state index in [4.69, 9.17) is 23.2 Å². The predicted octanol–water partition coefficient (Wildman–Crippen LogP) is 4.29. The van der Waals surface area contributed by atoms with Gasteiger partial charge in [-0.15, -0.1) is 0 Å². The monoisotopic (exact) mass is 317 g/mol. The van der Waals surface area contributed by atoms with Crippen molar-refractivity contribution < 1.29 is 0 Å². The van der Waals surface area contributed by atoms with Crippen LogP contribution in [0.15, 0.2) is 35.1 Å². The number of hydrogen-bond acceptors (Lipinski definition) is 3. The molecule has 6 heteroatoms. The molecule has 0 saturated heterocycles. The first kappa shape index (κ1) is 11.6. The minimum absolute atomic E-state index is 0.332. The van der Waals surface area contributed by atoms with Gasteiger partial charge in [0.05, 0.1) is 23.1 Å². The summed E-state index contributed by atoms with van der Waals surface area (Å²) in [5, 5.41) is 3.95. The lowest BCUT2D eigenvalue weighted by Gasteiger charge is -2.07. The Morgan fingerprint density at radius 2 is 2.00 bits per heavy atom. The van der Waals surface area contributed by atoms with Crippen LogP contribution in [0.25, 0.3) is 0 Å². The van der Waals surface area contributed by atoms with E-state index >= 15 is 0 Å². The van der Waals surface area contributed by atoms with E-state index in [2.05, 4.69) is 31.2 Å². The Morgan fingerprint density at radius 1 is 1.19 bits per heavy atom. The lowest BCUT2D eigenvalue weighted by Crippen LogP contribution is -1.95. The molecule has 1 aromatic heterocycles. The predicted molar refractivity (Wildman–Crippen MR) is 69.5 cm³/mol. The Kier molecular flexibility index (Phi) is 3.63. The second-order valence-corrected chi connectivity index (χ2v) is 4.69. The third-order valence-corrected chi connectivity index (χ3v) is 2.79. The summed E-state index contributed by atoms with van der Waals surface area (Å²) in [6.07, 6.45) is 3.04. The number of halogens is 3. The molecule has 1 heterocycles. The average molecular weight is 319 g/mol. The Bertz CT molecular complexity index is 519. The number of hydrogen-bond donors (Lipinski definition) is 1. The highest BCUT2D eigenvalue weighted by molar-refractivity contribution is 9.10. The van der Waals surface area contributed by atoms with Crippen molar-refractivity contribution in [3.63, 3.8) is 0 Å². The number of aromatic nitrogens is 2. The van der Waals surface area contributed by atoms with E-state index in [9.17, 15) is 0 Å². The maximum Gasteiger partial charge on any atom is 0.150 e. The SMILES string of the molecule is Clc1cncc(Nc2ccc(Br)cc2Cl)n1. The second-order valence-electron chi connectivity index (χ2n) is 2.98. The molecule has 0 amide bonds. The van der Waals surface area contributed by atoms with E-state index in [0.29, 0.717) is 16.0 Å². The molecule has 0 fully saturated rings. The van der Waals surface area contributed by atoms with E-state index in [0.717, 1.165) is 10.2 Å². The molecule has 3 nitrogen and oxygen atoms in total. The van der Waals surface area contributed by atoms with Gasteiger partial charge in [0.25, 0.3) is 0 Å². The van der Waals surface area contributed by atoms with Gasteiger partial charge in [0.1, 0.15) is 5.15 Å². The quantitative estimate of drug-likeness (QED) is 0.897. The summed E-state index contributed by atoms with van der Waals surface area (Å²) < 4.78 is 0.917. The summed E-state index contributed by atoms with van der Waals surface area (Å²) in [7, 11) is 0. The lowest BCUT2D eigenvalue weighted by molar-refractivity contribution is 1.20. The maximum absolute atomic E-state index is 6.05. The van der Waals surface area contributed by atoms with Gasteiger partial charge in [-0.05, 0) is 18.2 Å². The number of benzene rings is 1. The molecular weight excluding hydrogens is 313 g/mol. The molecule has 0 saturated carbocycles. The molecule has 0 radical (unpaired) electrons. The number of rotatable bonds is 2. The van der Waals surface area contributed by atoms with E-state index in [1.165, 1.54) is 6.20 Å². The smallest absolute Gasteiger partial charge is 0.150 e. The van der Waals surface area contributed by atoms with Crippen LogP contribution >= 0.6 is 39.1 Å². The number of anilines is 2. The van der Waals surface area contributed by atoms with Crippen LogP contribution in [-0.4, -0.2) is 9.97 Å². The first-order valence-electron chi connectivity index (χ1n) is 4.35. The van der Waals surface area contributed by atoms with Crippen LogP contribution in [-0.2, 0) is 0 Å². The van der Waals surface area contributed by atoms with Gasteiger partial charge >= 0.3 is 0 Å². The Labute approximate surface area is 111 Å². The first-order valence-corrected chi connectivity index (χ1v) is 5.89. The third-order valence-electron chi connectivity index (χ3n) is 1.80. The molecule has 0 unspecified atom stereocenters. The fraction of sp³-hybridized carbons (Fsp3) is 0. The van der Waals surface area contributed by atoms with Crippen LogP contribution in [0.4, 0.5) is 11.5 Å². The van der Waals surface area contributed by atoms with E-state index in [1.54, 1.807) is 12.3 Å². The molecule has 82 valence electrons. The Hall–Kier alpha value is -0.840. The van der Waals surface area contributed by atoms with Crippen LogP contribution < -0.4 is 5.32 Å². The van der Waals surface area contributed by atoms with Crippen LogP contribution in [0.2, 0.25) is 10.2 Å². The lowest BCUT2D eigenvalue weighted by atomic mass is 10.3. The molecule has 0 atom stereocenters. The van der Waals surface area contributed by atoms with Gasteiger partial charge in [0.15, 0.2) is 5.82 Å². The van der Waals surface area contributed by atoms with E-state index < -0.39 is 0 Å². The van der Waals surface area contributed by atoms with Crippen molar-refractivity contribution in [2.75, 3.05) is 5.32 Å². The minimum Gasteiger partial charge on any atom is -0.338 e. The van der Waals surface area contributed by atoms with Crippen molar-refractivity contribution in [1.29, 1.82) is 0 Å². The molecule has 1 aromatic carbocycles. The van der Waals surface area contributed by atoms with E-state index in [1.807, 2.05) is 12.1 Å². The highest BCUT2D eigenvalue weighted by Gasteiger charge is 2.02. The fourth-order valence-electron chi connectivity index (χ4n) is 1.13. The van der Waals surface area contributed by atoms with Gasteiger partial charge in [-0.2, -0.15) is 0 Å². The van der Waals surface area contributed by atoms with Gasteiger partial charge < -0.3 is 5.32 Å². The summed E-state index contributed by atoms with van der Waals surface area (Å²) in [5.74, 6) is 0.553. The normalized spacial score (nSPS) is 10.2. The number of nitrogens with zero attached hydrogens (tertiary/aromatic N) is 2. The van der Waals surface area contributed by atoms with Crippen LogP contribution in [0.3, 0.4) is 0 Å². The van der Waals surface area contributed by atoms with Crippen molar-refractivity contribution in [3.8, 4) is 0 Å². The highest BCUT2D eigenvalue weighted by atomic mass is 79.9. The summed E-state index contributed by atoms with van der Waals surface area (Å²) in [6.45, 7) is 0.